The summed E-state index contributed by atoms with van der Waals surface area (Å²) < 4.78 is 5.65. The maximum atomic E-state index is 5.65. The van der Waals surface area contributed by atoms with Crippen LogP contribution in [0.3, 0.4) is 0 Å². The lowest BCUT2D eigenvalue weighted by molar-refractivity contribution is 0.239. The third kappa shape index (κ3) is 4.58. The van der Waals surface area contributed by atoms with Crippen LogP contribution in [-0.2, 0) is 4.43 Å². The molecule has 2 heteroatoms. The summed E-state index contributed by atoms with van der Waals surface area (Å²) in [5, 5.41) is 0. The fourth-order valence-corrected chi connectivity index (χ4v) is 1.72. The highest BCUT2D eigenvalue weighted by Gasteiger charge is 2.12. The van der Waals surface area contributed by atoms with E-state index in [-0.39, 0.29) is 6.10 Å². The van der Waals surface area contributed by atoms with E-state index in [2.05, 4.69) is 26.7 Å². The Hall–Kier alpha value is -0.603. The molecular weight excluding hydrogens is 188 g/mol. The van der Waals surface area contributed by atoms with Crippen molar-refractivity contribution in [2.45, 2.75) is 38.8 Å². The zero-order chi connectivity index (χ0) is 11.0. The largest absolute Gasteiger partial charge is 0.411 e. The minimum Gasteiger partial charge on any atom is -0.411 e. The van der Waals surface area contributed by atoms with Crippen LogP contribution in [0.5, 0.6) is 0 Å². The quantitative estimate of drug-likeness (QED) is 0.438. The maximum Gasteiger partial charge on any atom is 0.227 e. The second-order valence-electron chi connectivity index (χ2n) is 3.21. The molecule has 0 aliphatic carbocycles. The van der Waals surface area contributed by atoms with E-state index < -0.39 is 0 Å². The number of unbranched alkanes of at least 4 members (excludes halogenated alkanes) is 1. The van der Waals surface area contributed by atoms with Gasteiger partial charge in [-0.15, -0.1) is 0 Å². The van der Waals surface area contributed by atoms with Crippen molar-refractivity contribution in [3.05, 3.63) is 37.0 Å². The van der Waals surface area contributed by atoms with Crippen molar-refractivity contribution in [1.82, 2.24) is 0 Å². The molecule has 1 atom stereocenters. The Bertz CT molecular complexity index is 208. The summed E-state index contributed by atoms with van der Waals surface area (Å²) in [7, 11) is 0.500. The van der Waals surface area contributed by atoms with Crippen LogP contribution in [-0.4, -0.2) is 15.9 Å². The molecule has 2 radical (unpaired) electrons. The van der Waals surface area contributed by atoms with E-state index >= 15 is 0 Å². The Kier molecular flexibility index (Phi) is 7.43. The van der Waals surface area contributed by atoms with E-state index in [0.29, 0.717) is 9.76 Å². The molecule has 0 heterocycles. The highest BCUT2D eigenvalue weighted by molar-refractivity contribution is 6.24. The van der Waals surface area contributed by atoms with Crippen LogP contribution in [0.2, 0.25) is 6.55 Å². The number of hydrogen-bond acceptors (Lipinski definition) is 1. The van der Waals surface area contributed by atoms with Crippen LogP contribution in [0, 0.1) is 0 Å². The minimum absolute atomic E-state index is 0.129. The lowest BCUT2D eigenvalue weighted by Crippen LogP contribution is -2.17. The van der Waals surface area contributed by atoms with Gasteiger partial charge in [0.2, 0.25) is 9.76 Å². The van der Waals surface area contributed by atoms with Crippen LogP contribution in [0.15, 0.2) is 37.0 Å². The van der Waals surface area contributed by atoms with E-state index in [1.165, 1.54) is 12.8 Å². The van der Waals surface area contributed by atoms with Crippen LogP contribution in [0.1, 0.15) is 26.2 Å². The zero-order valence-corrected chi connectivity index (χ0v) is 10.3. The van der Waals surface area contributed by atoms with Gasteiger partial charge in [-0.1, -0.05) is 45.6 Å². The van der Waals surface area contributed by atoms with Gasteiger partial charge in [0.15, 0.2) is 0 Å². The van der Waals surface area contributed by atoms with Gasteiger partial charge >= 0.3 is 0 Å². The second kappa shape index (κ2) is 7.77. The van der Waals surface area contributed by atoms with Gasteiger partial charge in [0.1, 0.15) is 0 Å². The lowest BCUT2D eigenvalue weighted by atomic mass is 10.00. The summed E-state index contributed by atoms with van der Waals surface area (Å²) >= 11 is 0. The Labute approximate surface area is 90.5 Å². The zero-order valence-electron chi connectivity index (χ0n) is 9.31. The van der Waals surface area contributed by atoms with Crippen molar-refractivity contribution in [2.75, 3.05) is 0 Å². The third-order valence-corrected chi connectivity index (χ3v) is 2.65. The van der Waals surface area contributed by atoms with E-state index in [0.717, 1.165) is 17.6 Å². The molecule has 0 N–H and O–H groups in total. The molecule has 1 unspecified atom stereocenters. The molecule has 0 saturated heterocycles. The first-order valence-electron chi connectivity index (χ1n) is 5.00. The van der Waals surface area contributed by atoms with Gasteiger partial charge in [0.05, 0.1) is 6.10 Å². The topological polar surface area (TPSA) is 9.23 Å². The van der Waals surface area contributed by atoms with Crippen molar-refractivity contribution < 1.29 is 4.43 Å². The molecule has 0 aliphatic heterocycles. The van der Waals surface area contributed by atoms with E-state index in [9.17, 15) is 0 Å². The summed E-state index contributed by atoms with van der Waals surface area (Å²) in [6.45, 7) is 15.8. The molecule has 0 rings (SSSR count). The first kappa shape index (κ1) is 13.4. The molecule has 0 aromatic carbocycles. The summed E-state index contributed by atoms with van der Waals surface area (Å²) in [5.41, 5.74) is 1.87. The Morgan fingerprint density at radius 2 is 2.14 bits per heavy atom. The van der Waals surface area contributed by atoms with Crippen molar-refractivity contribution in [3.8, 4) is 0 Å². The Morgan fingerprint density at radius 1 is 1.50 bits per heavy atom. The van der Waals surface area contributed by atoms with Crippen molar-refractivity contribution in [2.24, 2.45) is 0 Å². The van der Waals surface area contributed by atoms with Crippen LogP contribution in [0.4, 0.5) is 0 Å². The van der Waals surface area contributed by atoms with Crippen molar-refractivity contribution in [1.29, 1.82) is 0 Å². The second-order valence-corrected chi connectivity index (χ2v) is 3.85. The summed E-state index contributed by atoms with van der Waals surface area (Å²) in [6, 6.07) is 0. The summed E-state index contributed by atoms with van der Waals surface area (Å²) in [6.07, 6.45) is 5.25. The maximum absolute atomic E-state index is 5.65. The Balaban J connectivity index is 4.24. The number of allylic oxidation sites excluding steroid dienone is 1. The molecular formula is C12H20OSi. The number of hydrogen-bond donors (Lipinski definition) is 0. The molecule has 0 fully saturated rings. The van der Waals surface area contributed by atoms with Crippen molar-refractivity contribution >= 4 is 9.76 Å². The predicted molar refractivity (Wildman–Crippen MR) is 64.5 cm³/mol. The molecule has 0 spiro atoms. The van der Waals surface area contributed by atoms with Gasteiger partial charge in [-0.25, -0.2) is 0 Å². The van der Waals surface area contributed by atoms with Gasteiger partial charge in [0, 0.05) is 0 Å². The monoisotopic (exact) mass is 208 g/mol. The highest BCUT2D eigenvalue weighted by atomic mass is 28.2. The average molecular weight is 208 g/mol. The third-order valence-electron chi connectivity index (χ3n) is 2.13. The fourth-order valence-electron chi connectivity index (χ4n) is 1.17. The van der Waals surface area contributed by atoms with E-state index in [1.807, 2.05) is 6.55 Å². The molecule has 14 heavy (non-hydrogen) atoms. The smallest absolute Gasteiger partial charge is 0.227 e. The van der Waals surface area contributed by atoms with Gasteiger partial charge in [0.25, 0.3) is 0 Å². The molecule has 0 aromatic rings. The minimum atomic E-state index is 0.129. The van der Waals surface area contributed by atoms with Gasteiger partial charge < -0.3 is 4.43 Å². The average Bonchev–Trinajstić information content (AvgIpc) is 2.22. The molecule has 0 aromatic heterocycles. The molecule has 0 amide bonds. The molecule has 0 saturated carbocycles. The fraction of sp³-hybridized carbons (Fsp3) is 0.500. The lowest BCUT2D eigenvalue weighted by Gasteiger charge is -2.19. The van der Waals surface area contributed by atoms with Gasteiger partial charge in [-0.2, -0.15) is 0 Å². The standard InChI is InChI=1S/C12H20OSi/c1-6-8-9-12(13-14-5)11(4)10(3)7-2/h7,12H,2-4,6,8-9H2,1,5H3. The molecule has 1 nitrogen and oxygen atoms in total. The summed E-state index contributed by atoms with van der Waals surface area (Å²) in [5.74, 6) is 0. The number of rotatable bonds is 8. The SMILES string of the molecule is C=CC(=C)C(=C)C(CCCC)O[Si]C. The normalized spacial score (nSPS) is 12.1. The first-order valence-corrected chi connectivity index (χ1v) is 6.41. The van der Waals surface area contributed by atoms with Gasteiger partial charge in [-0.05, 0) is 24.1 Å². The highest BCUT2D eigenvalue weighted by Crippen LogP contribution is 2.19. The molecule has 78 valence electrons. The van der Waals surface area contributed by atoms with Crippen molar-refractivity contribution in [3.63, 3.8) is 0 Å². The van der Waals surface area contributed by atoms with Crippen LogP contribution in [0.25, 0.3) is 0 Å². The van der Waals surface area contributed by atoms with Crippen LogP contribution < -0.4 is 0 Å². The molecule has 0 bridgehead atoms. The Morgan fingerprint density at radius 3 is 2.57 bits per heavy atom. The molecule has 0 aliphatic rings. The van der Waals surface area contributed by atoms with E-state index in [1.54, 1.807) is 6.08 Å². The van der Waals surface area contributed by atoms with Gasteiger partial charge in [-0.3, -0.25) is 0 Å². The van der Waals surface area contributed by atoms with E-state index in [4.69, 9.17) is 4.43 Å². The first-order chi connectivity index (χ1) is 6.67. The predicted octanol–water partition coefficient (Wildman–Crippen LogP) is 3.53. The summed E-state index contributed by atoms with van der Waals surface area (Å²) in [4.78, 5) is 0. The van der Waals surface area contributed by atoms with Crippen LogP contribution >= 0.6 is 0 Å².